The Bertz CT molecular complexity index is 368. The minimum absolute atomic E-state index is 0.232. The maximum atomic E-state index is 12.9. The first-order chi connectivity index (χ1) is 7.70. The molecule has 0 aliphatic carbocycles. The van der Waals surface area contributed by atoms with E-state index in [-0.39, 0.29) is 5.56 Å². The average Bonchev–Trinajstić information content (AvgIpc) is 2.26. The van der Waals surface area contributed by atoms with Crippen molar-refractivity contribution < 1.29 is 22.0 Å². The molecule has 1 aromatic rings. The highest BCUT2D eigenvalue weighted by molar-refractivity contribution is 5.26. The second-order valence-corrected chi connectivity index (χ2v) is 3.69. The molecule has 0 spiro atoms. The maximum Gasteiger partial charge on any atom is 0.455 e. The van der Waals surface area contributed by atoms with Gasteiger partial charge in [0.2, 0.25) is 0 Å². The molecule has 1 aromatic carbocycles. The Morgan fingerprint density at radius 1 is 1.06 bits per heavy atom. The van der Waals surface area contributed by atoms with Gasteiger partial charge in [-0.3, -0.25) is 0 Å². The Morgan fingerprint density at radius 3 is 1.88 bits per heavy atom. The van der Waals surface area contributed by atoms with Crippen LogP contribution in [0.25, 0.3) is 0 Å². The monoisotopic (exact) mass is 253 g/mol. The number of aryl methyl sites for hydroxylation is 1. The Labute approximate surface area is 95.4 Å². The van der Waals surface area contributed by atoms with Crippen LogP contribution in [0, 0.1) is 0 Å². The lowest BCUT2D eigenvalue weighted by Gasteiger charge is -2.26. The first-order valence-corrected chi connectivity index (χ1v) is 4.99. The summed E-state index contributed by atoms with van der Waals surface area (Å²) in [5, 5.41) is 0. The molecule has 0 amide bonds. The van der Waals surface area contributed by atoms with Gasteiger partial charge in [0.1, 0.15) is 6.04 Å². The van der Waals surface area contributed by atoms with Gasteiger partial charge in [0.05, 0.1) is 0 Å². The van der Waals surface area contributed by atoms with Crippen LogP contribution in [0.1, 0.15) is 24.1 Å². The summed E-state index contributed by atoms with van der Waals surface area (Å²) in [5.41, 5.74) is 5.59. The molecule has 2 N–H and O–H groups in total. The Morgan fingerprint density at radius 2 is 1.53 bits per heavy atom. The SMILES string of the molecule is CCc1ccc(C(N)C(F)(F)C(F)(F)F)cc1. The summed E-state index contributed by atoms with van der Waals surface area (Å²) in [6, 6.07) is 2.99. The van der Waals surface area contributed by atoms with Gasteiger partial charge in [0.15, 0.2) is 0 Å². The highest BCUT2D eigenvalue weighted by Gasteiger charge is 2.61. The number of hydrogen-bond acceptors (Lipinski definition) is 1. The second-order valence-electron chi connectivity index (χ2n) is 3.69. The Balaban J connectivity index is 2.99. The highest BCUT2D eigenvalue weighted by atomic mass is 19.4. The van der Waals surface area contributed by atoms with Crippen LogP contribution in [0.5, 0.6) is 0 Å². The summed E-state index contributed by atoms with van der Waals surface area (Å²) in [6.45, 7) is 1.85. The predicted molar refractivity (Wildman–Crippen MR) is 53.8 cm³/mol. The molecule has 1 atom stereocenters. The van der Waals surface area contributed by atoms with Gasteiger partial charge in [-0.2, -0.15) is 22.0 Å². The molecule has 17 heavy (non-hydrogen) atoms. The van der Waals surface area contributed by atoms with Crippen molar-refractivity contribution in [3.8, 4) is 0 Å². The molecule has 6 heteroatoms. The van der Waals surface area contributed by atoms with Gasteiger partial charge in [-0.25, -0.2) is 0 Å². The summed E-state index contributed by atoms with van der Waals surface area (Å²) >= 11 is 0. The lowest BCUT2D eigenvalue weighted by molar-refractivity contribution is -0.291. The smallest absolute Gasteiger partial charge is 0.319 e. The lowest BCUT2D eigenvalue weighted by atomic mass is 9.99. The molecule has 0 aromatic heterocycles. The number of rotatable bonds is 3. The topological polar surface area (TPSA) is 26.0 Å². The van der Waals surface area contributed by atoms with Crippen LogP contribution in [0.15, 0.2) is 24.3 Å². The molecule has 0 aliphatic heterocycles. The van der Waals surface area contributed by atoms with Crippen LogP contribution in [0.2, 0.25) is 0 Å². The largest absolute Gasteiger partial charge is 0.455 e. The molecule has 0 radical (unpaired) electrons. The van der Waals surface area contributed by atoms with Gasteiger partial charge in [-0.1, -0.05) is 31.2 Å². The lowest BCUT2D eigenvalue weighted by Crippen LogP contribution is -2.45. The van der Waals surface area contributed by atoms with E-state index in [0.717, 1.165) is 5.56 Å². The average molecular weight is 253 g/mol. The van der Waals surface area contributed by atoms with Crippen LogP contribution in [0.3, 0.4) is 0 Å². The minimum atomic E-state index is -5.64. The normalized spacial score (nSPS) is 14.8. The maximum absolute atomic E-state index is 12.9. The Kier molecular flexibility index (Phi) is 3.76. The fourth-order valence-electron chi connectivity index (χ4n) is 1.35. The molecule has 0 saturated carbocycles. The zero-order valence-corrected chi connectivity index (χ0v) is 9.06. The first-order valence-electron chi connectivity index (χ1n) is 4.99. The zero-order chi connectivity index (χ0) is 13.3. The van der Waals surface area contributed by atoms with E-state index in [1.54, 1.807) is 0 Å². The van der Waals surface area contributed by atoms with Gasteiger partial charge in [-0.05, 0) is 17.5 Å². The predicted octanol–water partition coefficient (Wildman–Crippen LogP) is 3.45. The van der Waals surface area contributed by atoms with E-state index in [1.807, 2.05) is 6.92 Å². The molecule has 0 saturated heterocycles. The van der Waals surface area contributed by atoms with Crippen molar-refractivity contribution in [2.24, 2.45) is 5.73 Å². The van der Waals surface area contributed by atoms with Crippen LogP contribution < -0.4 is 5.73 Å². The van der Waals surface area contributed by atoms with E-state index < -0.39 is 18.1 Å². The molecule has 1 unspecified atom stereocenters. The van der Waals surface area contributed by atoms with Gasteiger partial charge >= 0.3 is 12.1 Å². The van der Waals surface area contributed by atoms with Crippen LogP contribution in [0.4, 0.5) is 22.0 Å². The van der Waals surface area contributed by atoms with E-state index in [9.17, 15) is 22.0 Å². The highest BCUT2D eigenvalue weighted by Crippen LogP contribution is 2.43. The molecular weight excluding hydrogens is 241 g/mol. The Hall–Kier alpha value is -1.17. The van der Waals surface area contributed by atoms with E-state index in [1.165, 1.54) is 24.3 Å². The number of alkyl halides is 5. The van der Waals surface area contributed by atoms with E-state index >= 15 is 0 Å². The van der Waals surface area contributed by atoms with E-state index in [4.69, 9.17) is 5.73 Å². The van der Waals surface area contributed by atoms with Gasteiger partial charge < -0.3 is 5.73 Å². The summed E-state index contributed by atoms with van der Waals surface area (Å²) in [5.74, 6) is -4.93. The number of hydrogen-bond donors (Lipinski definition) is 1. The molecular formula is C11H12F5N. The van der Waals surface area contributed by atoms with Crippen molar-refractivity contribution in [1.82, 2.24) is 0 Å². The van der Waals surface area contributed by atoms with Crippen molar-refractivity contribution in [3.05, 3.63) is 35.4 Å². The van der Waals surface area contributed by atoms with Gasteiger partial charge in [-0.15, -0.1) is 0 Å². The standard InChI is InChI=1S/C11H12F5N/c1-2-7-3-5-8(6-4-7)9(17)10(12,13)11(14,15)16/h3-6,9H,2,17H2,1H3. The minimum Gasteiger partial charge on any atom is -0.319 e. The van der Waals surface area contributed by atoms with Crippen LogP contribution in [-0.2, 0) is 6.42 Å². The van der Waals surface area contributed by atoms with Crippen LogP contribution >= 0.6 is 0 Å². The van der Waals surface area contributed by atoms with E-state index in [0.29, 0.717) is 6.42 Å². The number of benzene rings is 1. The molecule has 1 nitrogen and oxygen atoms in total. The summed E-state index contributed by atoms with van der Waals surface area (Å²) < 4.78 is 62.1. The summed E-state index contributed by atoms with van der Waals surface area (Å²) in [6.07, 6.45) is -4.97. The molecule has 96 valence electrons. The van der Waals surface area contributed by atoms with Crippen molar-refractivity contribution in [1.29, 1.82) is 0 Å². The number of halogens is 5. The van der Waals surface area contributed by atoms with Gasteiger partial charge in [0, 0.05) is 0 Å². The number of nitrogens with two attached hydrogens (primary N) is 1. The fourth-order valence-corrected chi connectivity index (χ4v) is 1.35. The van der Waals surface area contributed by atoms with Crippen LogP contribution in [-0.4, -0.2) is 12.1 Å². The molecule has 0 heterocycles. The zero-order valence-electron chi connectivity index (χ0n) is 9.06. The quantitative estimate of drug-likeness (QED) is 0.820. The third-order valence-electron chi connectivity index (χ3n) is 2.52. The molecule has 0 bridgehead atoms. The fraction of sp³-hybridized carbons (Fsp3) is 0.455. The second kappa shape index (κ2) is 4.60. The summed E-state index contributed by atoms with van der Waals surface area (Å²) in [7, 11) is 0. The molecule has 0 aliphatic rings. The molecule has 1 rings (SSSR count). The third-order valence-corrected chi connectivity index (χ3v) is 2.52. The van der Waals surface area contributed by atoms with Crippen molar-refractivity contribution in [2.45, 2.75) is 31.5 Å². The van der Waals surface area contributed by atoms with Crippen molar-refractivity contribution >= 4 is 0 Å². The first kappa shape index (κ1) is 13.9. The van der Waals surface area contributed by atoms with Gasteiger partial charge in [0.25, 0.3) is 0 Å². The molecule has 0 fully saturated rings. The van der Waals surface area contributed by atoms with E-state index in [2.05, 4.69) is 0 Å². The summed E-state index contributed by atoms with van der Waals surface area (Å²) in [4.78, 5) is 0. The van der Waals surface area contributed by atoms with Crippen molar-refractivity contribution in [3.63, 3.8) is 0 Å². The van der Waals surface area contributed by atoms with Crippen molar-refractivity contribution in [2.75, 3.05) is 0 Å². The third kappa shape index (κ3) is 2.74.